The highest BCUT2D eigenvalue weighted by molar-refractivity contribution is 5.95. The van der Waals surface area contributed by atoms with Gasteiger partial charge in [-0.1, -0.05) is 12.1 Å². The Morgan fingerprint density at radius 2 is 1.66 bits per heavy atom. The highest BCUT2D eigenvalue weighted by atomic mass is 19.1. The minimum Gasteiger partial charge on any atom is -0.493 e. The van der Waals surface area contributed by atoms with Gasteiger partial charge in [0.1, 0.15) is 11.6 Å². The lowest BCUT2D eigenvalue weighted by Gasteiger charge is -2.32. The van der Waals surface area contributed by atoms with Gasteiger partial charge in [0.15, 0.2) is 0 Å². The maximum atomic E-state index is 13.9. The molecule has 2 aromatic carbocycles. The lowest BCUT2D eigenvalue weighted by atomic mass is 9.98. The Hall–Kier alpha value is -2.89. The van der Waals surface area contributed by atoms with Crippen molar-refractivity contribution in [3.05, 3.63) is 65.0 Å². The molecule has 2 amide bonds. The van der Waals surface area contributed by atoms with E-state index in [0.29, 0.717) is 42.1 Å². The number of likely N-dealkylation sites (tertiary alicyclic amines) is 2. The molecule has 0 aromatic heterocycles. The van der Waals surface area contributed by atoms with Crippen molar-refractivity contribution in [2.24, 2.45) is 5.92 Å². The number of rotatable bonds is 5. The van der Waals surface area contributed by atoms with E-state index in [-0.39, 0.29) is 23.5 Å². The van der Waals surface area contributed by atoms with Crippen LogP contribution < -0.4 is 4.74 Å². The molecule has 0 saturated carbocycles. The molecule has 2 aliphatic rings. The molecule has 0 bridgehead atoms. The molecule has 2 saturated heterocycles. The van der Waals surface area contributed by atoms with Gasteiger partial charge in [0.2, 0.25) is 0 Å². The standard InChI is InChI=1S/C26H31FN2O3/c1-19-10-11-22(16-24(19)27)26(31)29-14-6-7-20(17-29)18-32-23-9-5-8-21(15-23)25(30)28-12-3-2-4-13-28/h5,8-11,15-16,20H,2-4,6-7,12-14,17-18H2,1H3/t20-/m1/s1. The Bertz CT molecular complexity index is 971. The molecule has 1 atom stereocenters. The fraction of sp³-hybridized carbons (Fsp3) is 0.462. The number of benzene rings is 2. The van der Waals surface area contributed by atoms with Crippen LogP contribution in [0.4, 0.5) is 4.39 Å². The quantitative estimate of drug-likeness (QED) is 0.680. The van der Waals surface area contributed by atoms with E-state index in [1.165, 1.54) is 12.5 Å². The number of hydrogen-bond acceptors (Lipinski definition) is 3. The summed E-state index contributed by atoms with van der Waals surface area (Å²) in [7, 11) is 0. The van der Waals surface area contributed by atoms with Crippen LogP contribution in [0.1, 0.15) is 58.4 Å². The molecular formula is C26H31FN2O3. The van der Waals surface area contributed by atoms with Crippen LogP contribution in [0.15, 0.2) is 42.5 Å². The molecular weight excluding hydrogens is 407 g/mol. The highest BCUT2D eigenvalue weighted by Gasteiger charge is 2.25. The zero-order valence-electron chi connectivity index (χ0n) is 18.7. The fourth-order valence-electron chi connectivity index (χ4n) is 4.51. The molecule has 2 aliphatic heterocycles. The number of ether oxygens (including phenoxy) is 1. The van der Waals surface area contributed by atoms with E-state index < -0.39 is 0 Å². The number of piperidine rings is 2. The van der Waals surface area contributed by atoms with Gasteiger partial charge in [0.05, 0.1) is 6.61 Å². The first-order chi connectivity index (χ1) is 15.5. The summed E-state index contributed by atoms with van der Waals surface area (Å²) in [5.74, 6) is 0.450. The average Bonchev–Trinajstić information content (AvgIpc) is 2.84. The molecule has 0 spiro atoms. The summed E-state index contributed by atoms with van der Waals surface area (Å²) in [6.45, 7) is 5.06. The molecule has 0 unspecified atom stereocenters. The van der Waals surface area contributed by atoms with E-state index >= 15 is 0 Å². The molecule has 6 heteroatoms. The van der Waals surface area contributed by atoms with Crippen molar-refractivity contribution < 1.29 is 18.7 Å². The van der Waals surface area contributed by atoms with Crippen molar-refractivity contribution in [3.8, 4) is 5.75 Å². The molecule has 2 heterocycles. The van der Waals surface area contributed by atoms with Gasteiger partial charge >= 0.3 is 0 Å². The van der Waals surface area contributed by atoms with Crippen molar-refractivity contribution in [2.75, 3.05) is 32.8 Å². The van der Waals surface area contributed by atoms with Crippen molar-refractivity contribution in [3.63, 3.8) is 0 Å². The first kappa shape index (κ1) is 22.3. The van der Waals surface area contributed by atoms with E-state index in [9.17, 15) is 14.0 Å². The maximum absolute atomic E-state index is 13.9. The monoisotopic (exact) mass is 438 g/mol. The third-order valence-electron chi connectivity index (χ3n) is 6.43. The molecule has 2 aromatic rings. The summed E-state index contributed by atoms with van der Waals surface area (Å²) in [6, 6.07) is 12.0. The zero-order chi connectivity index (χ0) is 22.5. The molecule has 5 nitrogen and oxygen atoms in total. The van der Waals surface area contributed by atoms with Crippen LogP contribution >= 0.6 is 0 Å². The minimum atomic E-state index is -0.355. The van der Waals surface area contributed by atoms with E-state index in [1.54, 1.807) is 24.0 Å². The second-order valence-corrected chi connectivity index (χ2v) is 8.92. The van der Waals surface area contributed by atoms with Crippen molar-refractivity contribution in [1.29, 1.82) is 0 Å². The Morgan fingerprint density at radius 1 is 0.938 bits per heavy atom. The third kappa shape index (κ3) is 5.29. The summed E-state index contributed by atoms with van der Waals surface area (Å²) in [6.07, 6.45) is 5.18. The zero-order valence-corrected chi connectivity index (χ0v) is 18.7. The number of nitrogens with zero attached hydrogens (tertiary/aromatic N) is 2. The van der Waals surface area contributed by atoms with Gasteiger partial charge in [0, 0.05) is 43.2 Å². The number of aryl methyl sites for hydroxylation is 1. The van der Waals surface area contributed by atoms with Gasteiger partial charge in [-0.2, -0.15) is 0 Å². The number of halogens is 1. The van der Waals surface area contributed by atoms with Crippen LogP contribution in [0.5, 0.6) is 5.75 Å². The van der Waals surface area contributed by atoms with Gasteiger partial charge < -0.3 is 14.5 Å². The third-order valence-corrected chi connectivity index (χ3v) is 6.43. The van der Waals surface area contributed by atoms with E-state index in [0.717, 1.165) is 38.8 Å². The first-order valence-electron chi connectivity index (χ1n) is 11.6. The van der Waals surface area contributed by atoms with Gasteiger partial charge in [0.25, 0.3) is 11.8 Å². The normalized spacial score (nSPS) is 19.0. The minimum absolute atomic E-state index is 0.0647. The average molecular weight is 439 g/mol. The smallest absolute Gasteiger partial charge is 0.253 e. The summed E-state index contributed by atoms with van der Waals surface area (Å²) in [5, 5.41) is 0. The Kier molecular flexibility index (Phi) is 7.08. The van der Waals surface area contributed by atoms with Crippen LogP contribution in [0, 0.1) is 18.7 Å². The van der Waals surface area contributed by atoms with E-state index in [4.69, 9.17) is 4.74 Å². The summed E-state index contributed by atoms with van der Waals surface area (Å²) >= 11 is 0. The number of amides is 2. The predicted octanol–water partition coefficient (Wildman–Crippen LogP) is 4.69. The number of carbonyl (C=O) groups excluding carboxylic acids is 2. The van der Waals surface area contributed by atoms with Crippen molar-refractivity contribution >= 4 is 11.8 Å². The van der Waals surface area contributed by atoms with E-state index in [2.05, 4.69) is 0 Å². The molecule has 4 rings (SSSR count). The Morgan fingerprint density at radius 3 is 2.44 bits per heavy atom. The second kappa shape index (κ2) is 10.2. The summed E-state index contributed by atoms with van der Waals surface area (Å²) in [4.78, 5) is 29.3. The van der Waals surface area contributed by atoms with Gasteiger partial charge in [-0.3, -0.25) is 9.59 Å². The Labute approximate surface area is 189 Å². The molecule has 0 N–H and O–H groups in total. The SMILES string of the molecule is Cc1ccc(C(=O)N2CCC[C@@H](COc3cccc(C(=O)N4CCCCC4)c3)C2)cc1F. The lowest BCUT2D eigenvalue weighted by Crippen LogP contribution is -2.41. The van der Waals surface area contributed by atoms with Crippen LogP contribution in [0.3, 0.4) is 0 Å². The largest absolute Gasteiger partial charge is 0.493 e. The summed E-state index contributed by atoms with van der Waals surface area (Å²) < 4.78 is 19.9. The molecule has 32 heavy (non-hydrogen) atoms. The first-order valence-corrected chi connectivity index (χ1v) is 11.6. The topological polar surface area (TPSA) is 49.9 Å². The Balaban J connectivity index is 1.34. The molecule has 0 aliphatic carbocycles. The van der Waals surface area contributed by atoms with Crippen LogP contribution in [-0.2, 0) is 0 Å². The molecule has 0 radical (unpaired) electrons. The van der Waals surface area contributed by atoms with Gasteiger partial charge in [-0.15, -0.1) is 0 Å². The molecule has 170 valence electrons. The van der Waals surface area contributed by atoms with Crippen molar-refractivity contribution in [2.45, 2.75) is 39.0 Å². The summed E-state index contributed by atoms with van der Waals surface area (Å²) in [5.41, 5.74) is 1.58. The molecule has 2 fully saturated rings. The van der Waals surface area contributed by atoms with Crippen LogP contribution in [-0.4, -0.2) is 54.4 Å². The number of hydrogen-bond donors (Lipinski definition) is 0. The van der Waals surface area contributed by atoms with Crippen LogP contribution in [0.25, 0.3) is 0 Å². The predicted molar refractivity (Wildman–Crippen MR) is 121 cm³/mol. The number of carbonyl (C=O) groups is 2. The van der Waals surface area contributed by atoms with Gasteiger partial charge in [-0.25, -0.2) is 4.39 Å². The van der Waals surface area contributed by atoms with Gasteiger partial charge in [-0.05, 0) is 74.9 Å². The second-order valence-electron chi connectivity index (χ2n) is 8.92. The van der Waals surface area contributed by atoms with Crippen molar-refractivity contribution in [1.82, 2.24) is 9.80 Å². The van der Waals surface area contributed by atoms with Crippen LogP contribution in [0.2, 0.25) is 0 Å². The lowest BCUT2D eigenvalue weighted by molar-refractivity contribution is 0.0631. The maximum Gasteiger partial charge on any atom is 0.253 e. The fourth-order valence-corrected chi connectivity index (χ4v) is 4.51. The highest BCUT2D eigenvalue weighted by Crippen LogP contribution is 2.23. The van der Waals surface area contributed by atoms with E-state index in [1.807, 2.05) is 29.2 Å².